The van der Waals surface area contributed by atoms with Gasteiger partial charge in [-0.15, -0.1) is 0 Å². The molecule has 1 saturated heterocycles. The molecule has 0 aromatic carbocycles. The Hall–Kier alpha value is -0.120. The Morgan fingerprint density at radius 1 is 1.70 bits per heavy atom. The van der Waals surface area contributed by atoms with E-state index < -0.39 is 0 Å². The molecule has 1 aliphatic heterocycles. The van der Waals surface area contributed by atoms with Gasteiger partial charge in [0.15, 0.2) is 0 Å². The quantitative estimate of drug-likeness (QED) is 0.536. The van der Waals surface area contributed by atoms with Gasteiger partial charge in [0.05, 0.1) is 6.61 Å². The summed E-state index contributed by atoms with van der Waals surface area (Å²) in [6.45, 7) is 6.63. The lowest BCUT2D eigenvalue weighted by molar-refractivity contribution is 0.153. The summed E-state index contributed by atoms with van der Waals surface area (Å²) in [4.78, 5) is 2.34. The zero-order valence-electron chi connectivity index (χ0n) is 6.51. The topological polar surface area (TPSA) is 35.5 Å². The molecule has 0 unspecified atom stereocenters. The third kappa shape index (κ3) is 1.94. The van der Waals surface area contributed by atoms with Crippen molar-refractivity contribution in [1.29, 1.82) is 0 Å². The fourth-order valence-corrected chi connectivity index (χ4v) is 1.30. The minimum Gasteiger partial charge on any atom is -0.395 e. The van der Waals surface area contributed by atoms with E-state index in [0.717, 1.165) is 26.2 Å². The number of piperazine rings is 1. The molecule has 1 fully saturated rings. The summed E-state index contributed by atoms with van der Waals surface area (Å²) in [6.07, 6.45) is 0. The molecular formula is C7H16N2O. The van der Waals surface area contributed by atoms with Crippen molar-refractivity contribution in [3.05, 3.63) is 0 Å². The van der Waals surface area contributed by atoms with Crippen LogP contribution in [0.25, 0.3) is 0 Å². The molecule has 3 heteroatoms. The van der Waals surface area contributed by atoms with Crippen LogP contribution < -0.4 is 5.32 Å². The van der Waals surface area contributed by atoms with E-state index in [1.807, 2.05) is 0 Å². The summed E-state index contributed by atoms with van der Waals surface area (Å²) in [7, 11) is 0. The Kier molecular flexibility index (Phi) is 3.12. The van der Waals surface area contributed by atoms with Gasteiger partial charge in [-0.2, -0.15) is 0 Å². The van der Waals surface area contributed by atoms with Gasteiger partial charge in [-0.3, -0.25) is 0 Å². The van der Waals surface area contributed by atoms with E-state index >= 15 is 0 Å². The molecule has 0 amide bonds. The SMILES string of the molecule is CCN1CCN[C@H](CO)C1. The Morgan fingerprint density at radius 2 is 2.50 bits per heavy atom. The molecule has 0 saturated carbocycles. The molecule has 2 N–H and O–H groups in total. The van der Waals surface area contributed by atoms with Crippen LogP contribution in [0.3, 0.4) is 0 Å². The first-order valence-electron chi connectivity index (χ1n) is 3.93. The molecule has 10 heavy (non-hydrogen) atoms. The summed E-state index contributed by atoms with van der Waals surface area (Å²) in [5.41, 5.74) is 0. The number of likely N-dealkylation sites (N-methyl/N-ethyl adjacent to an activating group) is 1. The fourth-order valence-electron chi connectivity index (χ4n) is 1.30. The van der Waals surface area contributed by atoms with Gasteiger partial charge in [0, 0.05) is 25.7 Å². The number of rotatable bonds is 2. The maximum atomic E-state index is 8.82. The van der Waals surface area contributed by atoms with E-state index in [1.165, 1.54) is 0 Å². The van der Waals surface area contributed by atoms with Gasteiger partial charge in [-0.1, -0.05) is 6.92 Å². The van der Waals surface area contributed by atoms with E-state index in [-0.39, 0.29) is 6.61 Å². The summed E-state index contributed by atoms with van der Waals surface area (Å²) >= 11 is 0. The van der Waals surface area contributed by atoms with Gasteiger partial charge in [-0.05, 0) is 6.54 Å². The van der Waals surface area contributed by atoms with Crippen LogP contribution in [0.5, 0.6) is 0 Å². The second-order valence-electron chi connectivity index (χ2n) is 2.73. The van der Waals surface area contributed by atoms with Crippen LogP contribution in [0, 0.1) is 0 Å². The lowest BCUT2D eigenvalue weighted by Crippen LogP contribution is -2.51. The third-order valence-electron chi connectivity index (χ3n) is 2.01. The Morgan fingerprint density at radius 3 is 3.10 bits per heavy atom. The van der Waals surface area contributed by atoms with Gasteiger partial charge in [0.25, 0.3) is 0 Å². The van der Waals surface area contributed by atoms with Crippen molar-refractivity contribution in [3.63, 3.8) is 0 Å². The van der Waals surface area contributed by atoms with E-state index in [0.29, 0.717) is 6.04 Å². The van der Waals surface area contributed by atoms with Crippen LogP contribution in [0.4, 0.5) is 0 Å². The van der Waals surface area contributed by atoms with E-state index in [4.69, 9.17) is 5.11 Å². The number of hydrogen-bond acceptors (Lipinski definition) is 3. The van der Waals surface area contributed by atoms with Crippen LogP contribution in [0.1, 0.15) is 6.92 Å². The van der Waals surface area contributed by atoms with Gasteiger partial charge >= 0.3 is 0 Å². The third-order valence-corrected chi connectivity index (χ3v) is 2.01. The molecule has 1 rings (SSSR count). The van der Waals surface area contributed by atoms with Crippen LogP contribution >= 0.6 is 0 Å². The van der Waals surface area contributed by atoms with Crippen molar-refractivity contribution < 1.29 is 5.11 Å². The van der Waals surface area contributed by atoms with Crippen molar-refractivity contribution in [2.75, 3.05) is 32.8 Å². The molecule has 1 atom stereocenters. The van der Waals surface area contributed by atoms with E-state index in [2.05, 4.69) is 17.1 Å². The second-order valence-corrected chi connectivity index (χ2v) is 2.73. The van der Waals surface area contributed by atoms with Crippen molar-refractivity contribution in [2.24, 2.45) is 0 Å². The lowest BCUT2D eigenvalue weighted by Gasteiger charge is -2.31. The van der Waals surface area contributed by atoms with Gasteiger partial charge in [0.1, 0.15) is 0 Å². The predicted octanol–water partition coefficient (Wildman–Crippen LogP) is -0.728. The summed E-state index contributed by atoms with van der Waals surface area (Å²) < 4.78 is 0. The Bertz CT molecular complexity index is 87.6. The van der Waals surface area contributed by atoms with Crippen molar-refractivity contribution in [2.45, 2.75) is 13.0 Å². The zero-order valence-corrected chi connectivity index (χ0v) is 6.51. The highest BCUT2D eigenvalue weighted by molar-refractivity contribution is 4.76. The Balaban J connectivity index is 2.25. The number of aliphatic hydroxyl groups is 1. The largest absolute Gasteiger partial charge is 0.395 e. The minimum atomic E-state index is 0.260. The van der Waals surface area contributed by atoms with E-state index in [9.17, 15) is 0 Å². The number of nitrogens with zero attached hydrogens (tertiary/aromatic N) is 1. The molecule has 0 aliphatic carbocycles. The highest BCUT2D eigenvalue weighted by Gasteiger charge is 2.15. The van der Waals surface area contributed by atoms with Crippen molar-refractivity contribution in [3.8, 4) is 0 Å². The maximum Gasteiger partial charge on any atom is 0.0597 e. The smallest absolute Gasteiger partial charge is 0.0597 e. The van der Waals surface area contributed by atoms with Crippen LogP contribution in [0.2, 0.25) is 0 Å². The molecule has 1 heterocycles. The molecule has 1 aliphatic rings. The van der Waals surface area contributed by atoms with Crippen molar-refractivity contribution in [1.82, 2.24) is 10.2 Å². The average molecular weight is 144 g/mol. The molecule has 0 aromatic rings. The van der Waals surface area contributed by atoms with Crippen LogP contribution in [-0.2, 0) is 0 Å². The average Bonchev–Trinajstić information content (AvgIpc) is 2.05. The fraction of sp³-hybridized carbons (Fsp3) is 1.00. The molecule has 0 aromatic heterocycles. The minimum absolute atomic E-state index is 0.260. The van der Waals surface area contributed by atoms with Crippen molar-refractivity contribution >= 4 is 0 Å². The zero-order chi connectivity index (χ0) is 7.40. The molecule has 0 spiro atoms. The Labute approximate surface area is 62.0 Å². The standard InChI is InChI=1S/C7H16N2O/c1-2-9-4-3-8-7(5-9)6-10/h7-8,10H,2-6H2,1H3/t7-/m0/s1. The predicted molar refractivity (Wildman–Crippen MR) is 41.0 cm³/mol. The molecule has 3 nitrogen and oxygen atoms in total. The van der Waals surface area contributed by atoms with Crippen LogP contribution in [0.15, 0.2) is 0 Å². The molecule has 0 bridgehead atoms. The van der Waals surface area contributed by atoms with E-state index in [1.54, 1.807) is 0 Å². The van der Waals surface area contributed by atoms with Gasteiger partial charge in [-0.25, -0.2) is 0 Å². The normalized spacial score (nSPS) is 28.8. The first-order valence-corrected chi connectivity index (χ1v) is 3.93. The highest BCUT2D eigenvalue weighted by Crippen LogP contribution is 1.96. The first-order chi connectivity index (χ1) is 4.86. The monoisotopic (exact) mass is 144 g/mol. The summed E-state index contributed by atoms with van der Waals surface area (Å²) in [5, 5.41) is 12.1. The number of nitrogens with one attached hydrogen (secondary N) is 1. The molecule has 60 valence electrons. The van der Waals surface area contributed by atoms with Crippen LogP contribution in [-0.4, -0.2) is 48.8 Å². The molecular weight excluding hydrogens is 128 g/mol. The first kappa shape index (κ1) is 7.98. The summed E-state index contributed by atoms with van der Waals surface area (Å²) in [5.74, 6) is 0. The van der Waals surface area contributed by atoms with Gasteiger partial charge < -0.3 is 15.3 Å². The maximum absolute atomic E-state index is 8.82. The highest BCUT2D eigenvalue weighted by atomic mass is 16.3. The van der Waals surface area contributed by atoms with Gasteiger partial charge in [0.2, 0.25) is 0 Å². The lowest BCUT2D eigenvalue weighted by atomic mass is 10.2. The number of aliphatic hydroxyl groups excluding tert-OH is 1. The number of hydrogen-bond donors (Lipinski definition) is 2. The second kappa shape index (κ2) is 3.91. The molecule has 0 radical (unpaired) electrons. The summed E-state index contributed by atoms with van der Waals surface area (Å²) in [6, 6.07) is 0.300.